The van der Waals surface area contributed by atoms with E-state index in [4.69, 9.17) is 9.56 Å². The number of hydrogen-bond donors (Lipinski definition) is 2. The topological polar surface area (TPSA) is 162 Å². The van der Waals surface area contributed by atoms with Crippen LogP contribution in [0, 0.1) is 0 Å². The highest BCUT2D eigenvalue weighted by Gasteiger charge is 2.26. The molecule has 0 fully saturated rings. The SMILES string of the molecule is NS(=O)(=O)c1ccccc1S(=O)(=O)NC(=O)c1ccc(-c2nc3cnccc3o2)cc1. The summed E-state index contributed by atoms with van der Waals surface area (Å²) in [6.45, 7) is 0. The average molecular weight is 458 g/mol. The number of oxazole rings is 1. The van der Waals surface area contributed by atoms with Gasteiger partial charge in [-0.1, -0.05) is 12.1 Å². The lowest BCUT2D eigenvalue weighted by atomic mass is 10.1. The Hall–Kier alpha value is -3.61. The number of benzene rings is 2. The van der Waals surface area contributed by atoms with Gasteiger partial charge in [-0.15, -0.1) is 0 Å². The van der Waals surface area contributed by atoms with E-state index in [1.807, 2.05) is 4.72 Å². The minimum atomic E-state index is -4.50. The molecule has 0 radical (unpaired) electrons. The second-order valence-corrected chi connectivity index (χ2v) is 9.55. The molecule has 0 aliphatic rings. The highest BCUT2D eigenvalue weighted by atomic mass is 32.2. The summed E-state index contributed by atoms with van der Waals surface area (Å²) < 4.78 is 56.0. The van der Waals surface area contributed by atoms with Gasteiger partial charge < -0.3 is 4.42 Å². The van der Waals surface area contributed by atoms with Gasteiger partial charge in [-0.2, -0.15) is 0 Å². The first-order chi connectivity index (χ1) is 14.6. The zero-order chi connectivity index (χ0) is 22.2. The fourth-order valence-electron chi connectivity index (χ4n) is 2.81. The molecule has 2 aromatic carbocycles. The van der Waals surface area contributed by atoms with Crippen molar-refractivity contribution in [3.8, 4) is 11.5 Å². The number of nitrogens with zero attached hydrogens (tertiary/aromatic N) is 2. The normalized spacial score (nSPS) is 12.0. The molecule has 2 aromatic heterocycles. The van der Waals surface area contributed by atoms with E-state index in [1.54, 1.807) is 18.5 Å². The molecule has 0 saturated carbocycles. The fourth-order valence-corrected chi connectivity index (χ4v) is 5.17. The molecule has 0 bridgehead atoms. The Morgan fingerprint density at radius 1 is 0.935 bits per heavy atom. The summed E-state index contributed by atoms with van der Waals surface area (Å²) in [6.07, 6.45) is 3.12. The van der Waals surface area contributed by atoms with Crippen LogP contribution in [0.1, 0.15) is 10.4 Å². The highest BCUT2D eigenvalue weighted by Crippen LogP contribution is 2.24. The molecule has 31 heavy (non-hydrogen) atoms. The maximum atomic E-state index is 12.6. The molecule has 0 aliphatic heterocycles. The van der Waals surface area contributed by atoms with Crippen LogP contribution in [-0.2, 0) is 20.0 Å². The fraction of sp³-hybridized carbons (Fsp3) is 0. The molecule has 158 valence electrons. The summed E-state index contributed by atoms with van der Waals surface area (Å²) in [7, 11) is -8.81. The minimum absolute atomic E-state index is 0.0261. The minimum Gasteiger partial charge on any atom is -0.436 e. The number of nitrogens with two attached hydrogens (primary N) is 1. The van der Waals surface area contributed by atoms with Crippen molar-refractivity contribution in [3.05, 3.63) is 72.6 Å². The molecule has 4 rings (SSSR count). The van der Waals surface area contributed by atoms with Crippen molar-refractivity contribution in [1.29, 1.82) is 0 Å². The molecular formula is C19H14N4O6S2. The second kappa shape index (κ2) is 7.58. The molecule has 4 aromatic rings. The largest absolute Gasteiger partial charge is 0.436 e. The van der Waals surface area contributed by atoms with E-state index in [0.29, 0.717) is 22.6 Å². The van der Waals surface area contributed by atoms with E-state index in [9.17, 15) is 21.6 Å². The third kappa shape index (κ3) is 4.17. The Labute approximate surface area is 176 Å². The van der Waals surface area contributed by atoms with E-state index in [0.717, 1.165) is 12.1 Å². The van der Waals surface area contributed by atoms with Gasteiger partial charge >= 0.3 is 0 Å². The third-order valence-electron chi connectivity index (χ3n) is 4.26. The number of primary sulfonamides is 1. The van der Waals surface area contributed by atoms with E-state index >= 15 is 0 Å². The maximum absolute atomic E-state index is 12.6. The van der Waals surface area contributed by atoms with Crippen molar-refractivity contribution in [2.24, 2.45) is 5.14 Å². The quantitative estimate of drug-likeness (QED) is 0.456. The lowest BCUT2D eigenvalue weighted by Gasteiger charge is -2.10. The molecule has 0 unspecified atom stereocenters. The molecule has 0 aliphatic carbocycles. The number of amides is 1. The summed E-state index contributed by atoms with van der Waals surface area (Å²) in [6, 6.07) is 12.2. The van der Waals surface area contributed by atoms with Gasteiger partial charge in [0.25, 0.3) is 15.9 Å². The monoisotopic (exact) mass is 458 g/mol. The number of pyridine rings is 1. The van der Waals surface area contributed by atoms with Crippen LogP contribution in [0.25, 0.3) is 22.6 Å². The standard InChI is InChI=1S/C19H14N4O6S2/c20-30(25,26)16-3-1-2-4-17(16)31(27,28)23-18(24)12-5-7-13(8-6-12)19-22-14-11-21-10-9-15(14)29-19/h1-11H,(H,23,24)(H2,20,25,26). The maximum Gasteiger partial charge on any atom is 0.265 e. The van der Waals surface area contributed by atoms with Gasteiger partial charge in [-0.25, -0.2) is 31.7 Å². The second-order valence-electron chi connectivity index (χ2n) is 6.37. The first-order valence-corrected chi connectivity index (χ1v) is 11.7. The molecule has 0 spiro atoms. The van der Waals surface area contributed by atoms with E-state index in [-0.39, 0.29) is 5.56 Å². The van der Waals surface area contributed by atoms with Crippen molar-refractivity contribution in [3.63, 3.8) is 0 Å². The van der Waals surface area contributed by atoms with Gasteiger partial charge in [0, 0.05) is 23.4 Å². The summed E-state index contributed by atoms with van der Waals surface area (Å²) in [5.41, 5.74) is 1.71. The van der Waals surface area contributed by atoms with Crippen molar-refractivity contribution < 1.29 is 26.0 Å². The summed E-state index contributed by atoms with van der Waals surface area (Å²) in [5, 5.41) is 5.07. The summed E-state index contributed by atoms with van der Waals surface area (Å²) in [5.74, 6) is -0.637. The Balaban J connectivity index is 1.59. The van der Waals surface area contributed by atoms with Crippen LogP contribution in [0.15, 0.2) is 81.2 Å². The Bertz CT molecular complexity index is 1480. The lowest BCUT2D eigenvalue weighted by Crippen LogP contribution is -2.32. The first-order valence-electron chi connectivity index (χ1n) is 8.65. The van der Waals surface area contributed by atoms with Crippen LogP contribution >= 0.6 is 0 Å². The highest BCUT2D eigenvalue weighted by molar-refractivity contribution is 7.92. The Kier molecular flexibility index (Phi) is 5.05. The molecule has 12 heteroatoms. The first kappa shape index (κ1) is 20.7. The van der Waals surface area contributed by atoms with Crippen molar-refractivity contribution in [2.75, 3.05) is 0 Å². The van der Waals surface area contributed by atoms with Gasteiger partial charge in [-0.3, -0.25) is 9.78 Å². The molecule has 2 heterocycles. The zero-order valence-electron chi connectivity index (χ0n) is 15.6. The van der Waals surface area contributed by atoms with Gasteiger partial charge in [0.05, 0.1) is 6.20 Å². The van der Waals surface area contributed by atoms with Crippen molar-refractivity contribution in [1.82, 2.24) is 14.7 Å². The summed E-state index contributed by atoms with van der Waals surface area (Å²) >= 11 is 0. The number of carbonyl (C=O) groups is 1. The Morgan fingerprint density at radius 3 is 2.26 bits per heavy atom. The number of fused-ring (bicyclic) bond motifs is 1. The number of carbonyl (C=O) groups excluding carboxylic acids is 1. The van der Waals surface area contributed by atoms with Crippen LogP contribution in [0.2, 0.25) is 0 Å². The van der Waals surface area contributed by atoms with Crippen LogP contribution in [0.3, 0.4) is 0 Å². The smallest absolute Gasteiger partial charge is 0.265 e. The molecule has 3 N–H and O–H groups in total. The average Bonchev–Trinajstić information content (AvgIpc) is 3.17. The molecule has 0 atom stereocenters. The predicted molar refractivity (Wildman–Crippen MR) is 110 cm³/mol. The summed E-state index contributed by atoms with van der Waals surface area (Å²) in [4.78, 5) is 19.5. The van der Waals surface area contributed by atoms with Crippen LogP contribution in [-0.4, -0.2) is 32.7 Å². The van der Waals surface area contributed by atoms with Crippen molar-refractivity contribution >= 4 is 37.1 Å². The van der Waals surface area contributed by atoms with Gasteiger partial charge in [0.15, 0.2) is 5.58 Å². The number of aromatic nitrogens is 2. The van der Waals surface area contributed by atoms with Crippen LogP contribution in [0.5, 0.6) is 0 Å². The predicted octanol–water partition coefficient (Wildman–Crippen LogP) is 1.66. The van der Waals surface area contributed by atoms with Crippen LogP contribution < -0.4 is 9.86 Å². The van der Waals surface area contributed by atoms with E-state index in [1.165, 1.54) is 36.4 Å². The number of rotatable bonds is 5. The molecule has 1 amide bonds. The zero-order valence-corrected chi connectivity index (χ0v) is 17.2. The van der Waals surface area contributed by atoms with Crippen molar-refractivity contribution in [2.45, 2.75) is 9.79 Å². The Morgan fingerprint density at radius 2 is 1.61 bits per heavy atom. The number of hydrogen-bond acceptors (Lipinski definition) is 8. The van der Waals surface area contributed by atoms with Gasteiger partial charge in [0.1, 0.15) is 15.3 Å². The number of nitrogens with one attached hydrogen (secondary N) is 1. The lowest BCUT2D eigenvalue weighted by molar-refractivity contribution is 0.0981. The number of sulfonamides is 2. The molecule has 0 saturated heterocycles. The van der Waals surface area contributed by atoms with E-state index < -0.39 is 35.7 Å². The third-order valence-corrected chi connectivity index (χ3v) is 6.74. The van der Waals surface area contributed by atoms with Crippen LogP contribution in [0.4, 0.5) is 0 Å². The van der Waals surface area contributed by atoms with E-state index in [2.05, 4.69) is 9.97 Å². The van der Waals surface area contributed by atoms with Gasteiger partial charge in [0.2, 0.25) is 15.9 Å². The van der Waals surface area contributed by atoms with Gasteiger partial charge in [-0.05, 0) is 36.4 Å². The molecular weight excluding hydrogens is 444 g/mol. The molecule has 10 nitrogen and oxygen atoms in total.